The lowest BCUT2D eigenvalue weighted by atomic mass is 9.89. The van der Waals surface area contributed by atoms with Gasteiger partial charge in [0.15, 0.2) is 0 Å². The summed E-state index contributed by atoms with van der Waals surface area (Å²) in [4.78, 5) is 23.9. The second-order valence-electron chi connectivity index (χ2n) is 4.90. The smallest absolute Gasteiger partial charge is 0.271 e. The number of rotatable bonds is 2. The standard InChI is InChI=1S/C14H16BrClN2O2/c15-10-6-7-12(16)11(8-10)14(20)18-17-13(19)9-4-2-1-3-5-9/h6-9H,1-5H2,(H,17,19)(H,18,20). The van der Waals surface area contributed by atoms with E-state index >= 15 is 0 Å². The molecule has 6 heteroatoms. The summed E-state index contributed by atoms with van der Waals surface area (Å²) in [5.74, 6) is -0.535. The predicted molar refractivity (Wildman–Crippen MR) is 81.3 cm³/mol. The number of hydrogen-bond donors (Lipinski definition) is 2. The van der Waals surface area contributed by atoms with Gasteiger partial charge < -0.3 is 0 Å². The van der Waals surface area contributed by atoms with Crippen molar-refractivity contribution in [2.24, 2.45) is 5.92 Å². The zero-order valence-electron chi connectivity index (χ0n) is 10.9. The lowest BCUT2D eigenvalue weighted by Gasteiger charge is -2.20. The van der Waals surface area contributed by atoms with E-state index in [4.69, 9.17) is 11.6 Å². The Morgan fingerprint density at radius 3 is 2.55 bits per heavy atom. The molecule has 2 rings (SSSR count). The number of amides is 2. The Balaban J connectivity index is 1.91. The van der Waals surface area contributed by atoms with Crippen LogP contribution in [0.15, 0.2) is 22.7 Å². The molecule has 1 aromatic carbocycles. The van der Waals surface area contributed by atoms with E-state index in [1.165, 1.54) is 6.42 Å². The molecule has 20 heavy (non-hydrogen) atoms. The first kappa shape index (κ1) is 15.3. The average molecular weight is 360 g/mol. The van der Waals surface area contributed by atoms with Crippen LogP contribution in [0.4, 0.5) is 0 Å². The zero-order chi connectivity index (χ0) is 14.5. The van der Waals surface area contributed by atoms with Crippen LogP contribution in [0.2, 0.25) is 5.02 Å². The van der Waals surface area contributed by atoms with Gasteiger partial charge in [0.05, 0.1) is 10.6 Å². The van der Waals surface area contributed by atoms with Gasteiger partial charge in [-0.25, -0.2) is 0 Å². The van der Waals surface area contributed by atoms with Crippen LogP contribution in [-0.4, -0.2) is 11.8 Å². The van der Waals surface area contributed by atoms with Gasteiger partial charge in [-0.3, -0.25) is 20.4 Å². The number of halogens is 2. The predicted octanol–water partition coefficient (Wildman–Crippen LogP) is 3.44. The highest BCUT2D eigenvalue weighted by atomic mass is 79.9. The van der Waals surface area contributed by atoms with Gasteiger partial charge in [0.2, 0.25) is 5.91 Å². The summed E-state index contributed by atoms with van der Waals surface area (Å²) in [5.41, 5.74) is 5.23. The first-order chi connectivity index (χ1) is 9.58. The van der Waals surface area contributed by atoms with Crippen LogP contribution in [-0.2, 0) is 4.79 Å². The third-order valence-electron chi connectivity index (χ3n) is 3.45. The number of nitrogens with one attached hydrogen (secondary N) is 2. The lowest BCUT2D eigenvalue weighted by Crippen LogP contribution is -2.45. The molecule has 0 bridgehead atoms. The van der Waals surface area contributed by atoms with Crippen molar-refractivity contribution in [2.45, 2.75) is 32.1 Å². The molecule has 0 aliphatic heterocycles. The van der Waals surface area contributed by atoms with Crippen molar-refractivity contribution >= 4 is 39.3 Å². The highest BCUT2D eigenvalue weighted by Crippen LogP contribution is 2.23. The van der Waals surface area contributed by atoms with Crippen LogP contribution in [0.3, 0.4) is 0 Å². The number of hydrazine groups is 1. The van der Waals surface area contributed by atoms with Crippen molar-refractivity contribution in [3.63, 3.8) is 0 Å². The normalized spacial score (nSPS) is 15.7. The molecule has 4 nitrogen and oxygen atoms in total. The van der Waals surface area contributed by atoms with E-state index < -0.39 is 5.91 Å². The van der Waals surface area contributed by atoms with Crippen LogP contribution in [0.1, 0.15) is 42.5 Å². The van der Waals surface area contributed by atoms with Crippen molar-refractivity contribution in [3.8, 4) is 0 Å². The molecule has 0 saturated heterocycles. The summed E-state index contributed by atoms with van der Waals surface area (Å²) in [6.45, 7) is 0. The number of carbonyl (C=O) groups is 2. The third kappa shape index (κ3) is 3.96. The van der Waals surface area contributed by atoms with Gasteiger partial charge in [-0.1, -0.05) is 46.8 Å². The maximum Gasteiger partial charge on any atom is 0.271 e. The molecule has 1 aliphatic rings. The van der Waals surface area contributed by atoms with E-state index in [1.54, 1.807) is 18.2 Å². The van der Waals surface area contributed by atoms with Crippen molar-refractivity contribution in [3.05, 3.63) is 33.3 Å². The van der Waals surface area contributed by atoms with Crippen LogP contribution in [0.5, 0.6) is 0 Å². The van der Waals surface area contributed by atoms with Gasteiger partial charge >= 0.3 is 0 Å². The minimum atomic E-state index is -0.416. The van der Waals surface area contributed by atoms with Crippen LogP contribution in [0, 0.1) is 5.92 Å². The molecule has 0 heterocycles. The van der Waals surface area contributed by atoms with E-state index in [0.717, 1.165) is 30.2 Å². The number of benzene rings is 1. The first-order valence-corrected chi connectivity index (χ1v) is 7.80. The van der Waals surface area contributed by atoms with Gasteiger partial charge in [-0.05, 0) is 31.0 Å². The molecule has 0 radical (unpaired) electrons. The molecule has 108 valence electrons. The summed E-state index contributed by atoms with van der Waals surface area (Å²) >= 11 is 9.24. The maximum atomic E-state index is 12.0. The summed E-state index contributed by atoms with van der Waals surface area (Å²) in [6.07, 6.45) is 5.11. The van der Waals surface area contributed by atoms with E-state index in [1.807, 2.05) is 0 Å². The van der Waals surface area contributed by atoms with E-state index in [9.17, 15) is 9.59 Å². The molecule has 1 aliphatic carbocycles. The lowest BCUT2D eigenvalue weighted by molar-refractivity contribution is -0.126. The van der Waals surface area contributed by atoms with Crippen LogP contribution >= 0.6 is 27.5 Å². The first-order valence-electron chi connectivity index (χ1n) is 6.63. The monoisotopic (exact) mass is 358 g/mol. The summed E-state index contributed by atoms with van der Waals surface area (Å²) in [5, 5.41) is 0.345. The average Bonchev–Trinajstić information content (AvgIpc) is 2.47. The van der Waals surface area contributed by atoms with E-state index in [2.05, 4.69) is 26.8 Å². The maximum absolute atomic E-state index is 12.0. The fraction of sp³-hybridized carbons (Fsp3) is 0.429. The fourth-order valence-corrected chi connectivity index (χ4v) is 2.89. The SMILES string of the molecule is O=C(NNC(=O)C1CCCCC1)c1cc(Br)ccc1Cl. The van der Waals surface area contributed by atoms with E-state index in [-0.39, 0.29) is 11.8 Å². The van der Waals surface area contributed by atoms with Gasteiger partial charge in [0.1, 0.15) is 0 Å². The quantitative estimate of drug-likeness (QED) is 0.795. The topological polar surface area (TPSA) is 58.2 Å². The van der Waals surface area contributed by atoms with Crippen molar-refractivity contribution < 1.29 is 9.59 Å². The molecule has 1 fully saturated rings. The molecule has 0 spiro atoms. The van der Waals surface area contributed by atoms with Gasteiger partial charge in [0.25, 0.3) is 5.91 Å². The zero-order valence-corrected chi connectivity index (χ0v) is 13.3. The second-order valence-corrected chi connectivity index (χ2v) is 6.23. The Kier molecular flexibility index (Phi) is 5.43. The van der Waals surface area contributed by atoms with Crippen LogP contribution in [0.25, 0.3) is 0 Å². The van der Waals surface area contributed by atoms with Gasteiger partial charge in [-0.15, -0.1) is 0 Å². The van der Waals surface area contributed by atoms with Crippen molar-refractivity contribution in [1.29, 1.82) is 0 Å². The highest BCUT2D eigenvalue weighted by molar-refractivity contribution is 9.10. The highest BCUT2D eigenvalue weighted by Gasteiger charge is 2.21. The summed E-state index contributed by atoms with van der Waals surface area (Å²) in [7, 11) is 0. The van der Waals surface area contributed by atoms with Crippen molar-refractivity contribution in [2.75, 3.05) is 0 Å². The second kappa shape index (κ2) is 7.09. The molecular weight excluding hydrogens is 344 g/mol. The largest absolute Gasteiger partial charge is 0.273 e. The molecule has 2 N–H and O–H groups in total. The van der Waals surface area contributed by atoms with Gasteiger partial charge in [0, 0.05) is 10.4 Å². The Morgan fingerprint density at radius 1 is 1.15 bits per heavy atom. The summed E-state index contributed by atoms with van der Waals surface area (Å²) in [6, 6.07) is 4.99. The Hall–Kier alpha value is -1.07. The molecule has 2 amide bonds. The minimum Gasteiger partial charge on any atom is -0.273 e. The molecular formula is C14H16BrClN2O2. The summed E-state index contributed by atoms with van der Waals surface area (Å²) < 4.78 is 0.755. The molecule has 1 aromatic rings. The van der Waals surface area contributed by atoms with Gasteiger partial charge in [-0.2, -0.15) is 0 Å². The number of carbonyl (C=O) groups excluding carboxylic acids is 2. The minimum absolute atomic E-state index is 0.00188. The fourth-order valence-electron chi connectivity index (χ4n) is 2.32. The van der Waals surface area contributed by atoms with Crippen LogP contribution < -0.4 is 10.9 Å². The molecule has 0 unspecified atom stereocenters. The Bertz CT molecular complexity index is 516. The Labute approximate surface area is 131 Å². The van der Waals surface area contributed by atoms with E-state index in [0.29, 0.717) is 10.6 Å². The Morgan fingerprint density at radius 2 is 1.85 bits per heavy atom. The molecule has 1 saturated carbocycles. The molecule has 0 aromatic heterocycles. The number of hydrogen-bond acceptors (Lipinski definition) is 2. The third-order valence-corrected chi connectivity index (χ3v) is 4.27. The van der Waals surface area contributed by atoms with Crippen molar-refractivity contribution in [1.82, 2.24) is 10.9 Å². The molecule has 0 atom stereocenters.